The van der Waals surface area contributed by atoms with E-state index in [1.54, 1.807) is 0 Å². The van der Waals surface area contributed by atoms with Crippen LogP contribution in [-0.4, -0.2) is 21.1 Å². The van der Waals surface area contributed by atoms with E-state index in [1.807, 2.05) is 20.3 Å². The molecule has 0 aromatic rings. The summed E-state index contributed by atoms with van der Waals surface area (Å²) < 4.78 is 0. The van der Waals surface area contributed by atoms with Crippen LogP contribution in [-0.2, 0) is 0 Å². The molecule has 0 aliphatic carbocycles. The van der Waals surface area contributed by atoms with Gasteiger partial charge in [0, 0.05) is 0 Å². The van der Waals surface area contributed by atoms with Gasteiger partial charge in [-0.15, -0.1) is 0 Å². The highest BCUT2D eigenvalue weighted by molar-refractivity contribution is 4.34. The third-order valence-corrected chi connectivity index (χ3v) is 0. The molecule has 0 aliphatic rings. The lowest BCUT2D eigenvalue weighted by atomic mass is 10.6. The van der Waals surface area contributed by atoms with E-state index in [9.17, 15) is 0 Å². The third-order valence-electron chi connectivity index (χ3n) is 0. The predicted octanol–water partition coefficient (Wildman–Crippen LogP) is -0.0448. The minimum absolute atomic E-state index is 1.50. The van der Waals surface area contributed by atoms with E-state index in [0.29, 0.717) is 0 Å². The molecule has 3 nitrogen and oxygen atoms in total. The van der Waals surface area contributed by atoms with E-state index >= 15 is 0 Å². The Labute approximate surface area is 59.6 Å². The summed E-state index contributed by atoms with van der Waals surface area (Å²) in [5.41, 5.74) is 13.5. The van der Waals surface area contributed by atoms with Crippen molar-refractivity contribution in [3.05, 3.63) is 6.42 Å². The summed E-state index contributed by atoms with van der Waals surface area (Å²) in [6.07, 6.45) is 2.00. The summed E-state index contributed by atoms with van der Waals surface area (Å²) in [5.74, 6) is 0. The monoisotopic (exact) mass is 136 g/mol. The van der Waals surface area contributed by atoms with E-state index in [0.717, 1.165) is 0 Å². The number of hydrogen-bond donors (Lipinski definition) is 3. The zero-order valence-corrected chi connectivity index (χ0v) is 7.31. The van der Waals surface area contributed by atoms with Crippen LogP contribution < -0.4 is 17.2 Å². The van der Waals surface area contributed by atoms with Crippen molar-refractivity contribution in [3.8, 4) is 0 Å². The lowest BCUT2D eigenvalue weighted by Gasteiger charge is -1.47. The highest BCUT2D eigenvalue weighted by atomic mass is 14.4. The summed E-state index contributed by atoms with van der Waals surface area (Å²) in [6, 6.07) is 0. The van der Waals surface area contributed by atoms with Crippen LogP contribution in [0.2, 0.25) is 0 Å². The molecule has 9 heavy (non-hydrogen) atoms. The molecule has 0 atom stereocenters. The Kier molecular flexibility index (Phi) is 1240. The normalized spacial score (nSPS) is 4.00. The summed E-state index contributed by atoms with van der Waals surface area (Å²) >= 11 is 0. The molecule has 0 bridgehead atoms. The summed E-state index contributed by atoms with van der Waals surface area (Å²) in [7, 11) is 4.50. The molecule has 61 valence electrons. The van der Waals surface area contributed by atoms with Crippen LogP contribution in [0.25, 0.3) is 0 Å². The van der Waals surface area contributed by atoms with Crippen molar-refractivity contribution in [1.82, 2.24) is 0 Å². The average molecular weight is 136 g/mol. The van der Waals surface area contributed by atoms with Crippen LogP contribution in [0.1, 0.15) is 13.8 Å². The van der Waals surface area contributed by atoms with Gasteiger partial charge in [-0.1, -0.05) is 13.8 Å². The lowest BCUT2D eigenvalue weighted by molar-refractivity contribution is 1.41. The molecule has 0 spiro atoms. The molecule has 3 heteroatoms. The zero-order valence-electron chi connectivity index (χ0n) is 7.31. The zero-order chi connectivity index (χ0) is 8.71. The Balaban J connectivity index is -0.0000000190. The fourth-order valence-electron chi connectivity index (χ4n) is 0. The molecule has 0 saturated carbocycles. The van der Waals surface area contributed by atoms with E-state index in [-0.39, 0.29) is 0 Å². The maximum Gasteiger partial charge on any atom is -0.0195 e. The van der Waals surface area contributed by atoms with Gasteiger partial charge < -0.3 is 17.2 Å². The molecule has 0 unspecified atom stereocenters. The van der Waals surface area contributed by atoms with Crippen LogP contribution in [0.15, 0.2) is 0 Å². The molecule has 0 saturated heterocycles. The fourth-order valence-corrected chi connectivity index (χ4v) is 0. The van der Waals surface area contributed by atoms with Crippen LogP contribution in [0.4, 0.5) is 0 Å². The summed E-state index contributed by atoms with van der Waals surface area (Å²) in [4.78, 5) is 0. The first-order valence-corrected chi connectivity index (χ1v) is 2.89. The van der Waals surface area contributed by atoms with Gasteiger partial charge in [0.05, 0.1) is 0 Å². The minimum Gasteiger partial charge on any atom is -0.333 e. The van der Waals surface area contributed by atoms with Crippen molar-refractivity contribution in [3.63, 3.8) is 0 Å². The van der Waals surface area contributed by atoms with Crippen LogP contribution in [0.5, 0.6) is 0 Å². The molecule has 1 radical (unpaired) electrons. The van der Waals surface area contributed by atoms with Gasteiger partial charge in [0.15, 0.2) is 0 Å². The van der Waals surface area contributed by atoms with E-state index in [4.69, 9.17) is 0 Å². The van der Waals surface area contributed by atoms with Gasteiger partial charge in [-0.05, 0) is 27.6 Å². The number of nitrogens with two attached hydrogens (primary N) is 3. The van der Waals surface area contributed by atoms with Crippen LogP contribution >= 0.6 is 0 Å². The second-order valence-corrected chi connectivity index (χ2v) is 0.577. The Morgan fingerprint density at radius 3 is 0.667 bits per heavy atom. The summed E-state index contributed by atoms with van der Waals surface area (Å²) in [6.45, 7) is 4.00. The number of hydrogen-bond acceptors (Lipinski definition) is 3. The molecule has 0 rings (SSSR count). The van der Waals surface area contributed by atoms with Crippen molar-refractivity contribution in [2.24, 2.45) is 17.2 Å². The number of rotatable bonds is 0. The highest BCUT2D eigenvalue weighted by Gasteiger charge is 1.36. The minimum atomic E-state index is 1.50. The van der Waals surface area contributed by atoms with Gasteiger partial charge in [-0.25, -0.2) is 0 Å². The Hall–Kier alpha value is -0.120. The first kappa shape index (κ1) is 23.2. The maximum absolute atomic E-state index is 4.50. The smallest absolute Gasteiger partial charge is 0.0195 e. The average Bonchev–Trinajstić information content (AvgIpc) is 2.01. The SMILES string of the molecule is CN.CN.CN.C[CH]C. The van der Waals surface area contributed by atoms with Gasteiger partial charge in [-0.2, -0.15) is 0 Å². The maximum atomic E-state index is 4.50. The lowest BCUT2D eigenvalue weighted by Crippen LogP contribution is -1.69. The molecule has 6 N–H and O–H groups in total. The van der Waals surface area contributed by atoms with Gasteiger partial charge in [0.2, 0.25) is 0 Å². The highest BCUT2D eigenvalue weighted by Crippen LogP contribution is 1.53. The van der Waals surface area contributed by atoms with E-state index in [1.165, 1.54) is 21.1 Å². The van der Waals surface area contributed by atoms with Crippen LogP contribution in [0.3, 0.4) is 0 Å². The van der Waals surface area contributed by atoms with Gasteiger partial charge in [0.25, 0.3) is 0 Å². The standard InChI is InChI=1S/C3H7.3CH5N/c1-3-2;3*1-2/h3H,1-2H3;3*2H2,1H3. The third kappa shape index (κ3) is 18900. The summed E-state index contributed by atoms with van der Waals surface area (Å²) in [5, 5.41) is 0. The van der Waals surface area contributed by atoms with Crippen molar-refractivity contribution >= 4 is 0 Å². The first-order valence-electron chi connectivity index (χ1n) is 2.89. The van der Waals surface area contributed by atoms with E-state index in [2.05, 4.69) is 17.2 Å². The molecular weight excluding hydrogens is 114 g/mol. The van der Waals surface area contributed by atoms with Crippen molar-refractivity contribution in [2.45, 2.75) is 13.8 Å². The van der Waals surface area contributed by atoms with Gasteiger partial charge in [0.1, 0.15) is 0 Å². The topological polar surface area (TPSA) is 78.1 Å². The van der Waals surface area contributed by atoms with Crippen molar-refractivity contribution < 1.29 is 0 Å². The molecular formula is C6H22N3. The molecule has 0 aliphatic heterocycles. The first-order chi connectivity index (χ1) is 4.41. The quantitative estimate of drug-likeness (QED) is 0.437. The molecule has 0 aromatic heterocycles. The molecule has 0 aromatic carbocycles. The molecule has 0 heterocycles. The second kappa shape index (κ2) is 482. The Bertz CT molecular complexity index is 8.26. The predicted molar refractivity (Wildman–Crippen MR) is 46.0 cm³/mol. The van der Waals surface area contributed by atoms with Gasteiger partial charge >= 0.3 is 0 Å². The van der Waals surface area contributed by atoms with Gasteiger partial charge in [-0.3, -0.25) is 0 Å². The largest absolute Gasteiger partial charge is 0.333 e. The van der Waals surface area contributed by atoms with E-state index < -0.39 is 0 Å². The molecule has 0 amide bonds. The Morgan fingerprint density at radius 1 is 0.667 bits per heavy atom. The Morgan fingerprint density at radius 2 is 0.667 bits per heavy atom. The second-order valence-electron chi connectivity index (χ2n) is 0.577. The molecule has 0 fully saturated rings. The fraction of sp³-hybridized carbons (Fsp3) is 0.833. The van der Waals surface area contributed by atoms with Crippen LogP contribution in [0, 0.1) is 6.42 Å². The van der Waals surface area contributed by atoms with Crippen molar-refractivity contribution in [2.75, 3.05) is 21.1 Å². The van der Waals surface area contributed by atoms with Crippen molar-refractivity contribution in [1.29, 1.82) is 0 Å².